The van der Waals surface area contributed by atoms with E-state index in [-0.39, 0.29) is 22.8 Å². The normalized spacial score (nSPS) is 11.7. The van der Waals surface area contributed by atoms with Gasteiger partial charge in [0.05, 0.1) is 16.7 Å². The van der Waals surface area contributed by atoms with Crippen LogP contribution in [0.1, 0.15) is 40.5 Å². The molecule has 1 aromatic carbocycles. The van der Waals surface area contributed by atoms with Crippen molar-refractivity contribution in [3.05, 3.63) is 34.6 Å². The third-order valence-corrected chi connectivity index (χ3v) is 4.94. The van der Waals surface area contributed by atoms with E-state index in [0.717, 1.165) is 12.8 Å². The number of hydrogen-bond donors (Lipinski definition) is 1. The number of hydrogen-bond acceptors (Lipinski definition) is 4. The summed E-state index contributed by atoms with van der Waals surface area (Å²) >= 11 is 1.32. The van der Waals surface area contributed by atoms with Crippen molar-refractivity contribution < 1.29 is 4.79 Å². The highest BCUT2D eigenvalue weighted by Crippen LogP contribution is 2.18. The average molecular weight is 347 g/mol. The second kappa shape index (κ2) is 7.83. The summed E-state index contributed by atoms with van der Waals surface area (Å²) in [6, 6.07) is 7.33. The van der Waals surface area contributed by atoms with Gasteiger partial charge < -0.3 is 5.32 Å². The van der Waals surface area contributed by atoms with E-state index in [1.807, 2.05) is 45.9 Å². The quantitative estimate of drug-likeness (QED) is 0.617. The number of nitrogens with zero attached hydrogens (tertiary/aromatic N) is 2. The summed E-state index contributed by atoms with van der Waals surface area (Å²) in [6.07, 6.45) is 1.70. The second-order valence-electron chi connectivity index (χ2n) is 6.44. The van der Waals surface area contributed by atoms with E-state index < -0.39 is 0 Å². The third kappa shape index (κ3) is 4.38. The van der Waals surface area contributed by atoms with Crippen LogP contribution in [-0.4, -0.2) is 26.8 Å². The Labute approximate surface area is 146 Å². The highest BCUT2D eigenvalue weighted by molar-refractivity contribution is 7.99. The lowest BCUT2D eigenvalue weighted by atomic mass is 10.0. The van der Waals surface area contributed by atoms with Gasteiger partial charge in [0.15, 0.2) is 5.16 Å². The highest BCUT2D eigenvalue weighted by Gasteiger charge is 2.19. The van der Waals surface area contributed by atoms with Crippen molar-refractivity contribution in [3.63, 3.8) is 0 Å². The van der Waals surface area contributed by atoms with Crippen molar-refractivity contribution in [1.29, 1.82) is 0 Å². The van der Waals surface area contributed by atoms with E-state index in [1.54, 1.807) is 10.6 Å². The van der Waals surface area contributed by atoms with E-state index >= 15 is 0 Å². The molecule has 0 aliphatic rings. The zero-order valence-corrected chi connectivity index (χ0v) is 15.6. The summed E-state index contributed by atoms with van der Waals surface area (Å²) in [5.74, 6) is 0.204. The molecule has 6 heteroatoms. The first-order valence-electron chi connectivity index (χ1n) is 8.31. The topological polar surface area (TPSA) is 64.0 Å². The maximum Gasteiger partial charge on any atom is 0.262 e. The Morgan fingerprint density at radius 2 is 2.00 bits per heavy atom. The first kappa shape index (κ1) is 18.5. The molecule has 2 rings (SSSR count). The van der Waals surface area contributed by atoms with Gasteiger partial charge in [-0.15, -0.1) is 0 Å². The smallest absolute Gasteiger partial charge is 0.262 e. The molecule has 0 fully saturated rings. The number of fused-ring (bicyclic) bond motifs is 1. The number of nitrogens with one attached hydrogen (secondary N) is 1. The Bertz CT molecular complexity index is 783. The van der Waals surface area contributed by atoms with Crippen molar-refractivity contribution in [2.24, 2.45) is 0 Å². The van der Waals surface area contributed by atoms with Crippen LogP contribution in [0.4, 0.5) is 0 Å². The summed E-state index contributed by atoms with van der Waals surface area (Å²) in [4.78, 5) is 29.4. The van der Waals surface area contributed by atoms with Crippen LogP contribution in [0.3, 0.4) is 0 Å². The van der Waals surface area contributed by atoms with Crippen molar-refractivity contribution in [1.82, 2.24) is 14.9 Å². The number of aromatic nitrogens is 2. The van der Waals surface area contributed by atoms with Crippen LogP contribution in [0, 0.1) is 0 Å². The fourth-order valence-corrected chi connectivity index (χ4v) is 3.14. The molecular formula is C18H25N3O2S. The SMILES string of the molecule is CCCn1c(SCC(=O)NC(C)(C)CC)nc2ccccc2c1=O. The number of carbonyl (C=O) groups is 1. The van der Waals surface area contributed by atoms with Gasteiger partial charge in [0.2, 0.25) is 5.91 Å². The van der Waals surface area contributed by atoms with E-state index in [1.165, 1.54) is 11.8 Å². The van der Waals surface area contributed by atoms with E-state index in [9.17, 15) is 9.59 Å². The van der Waals surface area contributed by atoms with Crippen molar-refractivity contribution in [3.8, 4) is 0 Å². The number of rotatable bonds is 7. The molecule has 0 atom stereocenters. The molecule has 0 saturated heterocycles. The van der Waals surface area contributed by atoms with Crippen LogP contribution in [0.2, 0.25) is 0 Å². The van der Waals surface area contributed by atoms with Gasteiger partial charge in [0.1, 0.15) is 0 Å². The van der Waals surface area contributed by atoms with Gasteiger partial charge in [-0.1, -0.05) is 37.7 Å². The highest BCUT2D eigenvalue weighted by atomic mass is 32.2. The van der Waals surface area contributed by atoms with Crippen molar-refractivity contribution >= 4 is 28.6 Å². The van der Waals surface area contributed by atoms with Gasteiger partial charge in [0.25, 0.3) is 5.56 Å². The molecule has 1 amide bonds. The molecule has 1 N–H and O–H groups in total. The minimum atomic E-state index is -0.225. The Hall–Kier alpha value is -1.82. The van der Waals surface area contributed by atoms with Gasteiger partial charge in [-0.05, 0) is 38.8 Å². The second-order valence-corrected chi connectivity index (χ2v) is 7.39. The van der Waals surface area contributed by atoms with Gasteiger partial charge in [-0.2, -0.15) is 0 Å². The maximum atomic E-state index is 12.7. The van der Waals surface area contributed by atoms with E-state index in [2.05, 4.69) is 10.3 Å². The molecule has 1 heterocycles. The molecule has 0 aliphatic carbocycles. The molecule has 0 bridgehead atoms. The largest absolute Gasteiger partial charge is 0.351 e. The van der Waals surface area contributed by atoms with Crippen LogP contribution in [0.5, 0.6) is 0 Å². The number of thioether (sulfide) groups is 1. The lowest BCUT2D eigenvalue weighted by Crippen LogP contribution is -2.43. The van der Waals surface area contributed by atoms with Crippen LogP contribution in [-0.2, 0) is 11.3 Å². The molecule has 1 aromatic heterocycles. The summed E-state index contributed by atoms with van der Waals surface area (Å²) in [7, 11) is 0. The van der Waals surface area contributed by atoms with Crippen LogP contribution < -0.4 is 10.9 Å². The molecule has 0 saturated carbocycles. The molecule has 24 heavy (non-hydrogen) atoms. The predicted octanol–water partition coefficient (Wildman–Crippen LogP) is 3.20. The predicted molar refractivity (Wildman–Crippen MR) is 99.5 cm³/mol. The summed E-state index contributed by atoms with van der Waals surface area (Å²) in [6.45, 7) is 8.65. The maximum absolute atomic E-state index is 12.7. The Balaban J connectivity index is 2.26. The summed E-state index contributed by atoms with van der Waals surface area (Å²) in [5.41, 5.74) is 0.406. The van der Waals surface area contributed by atoms with Crippen LogP contribution in [0.15, 0.2) is 34.2 Å². The van der Waals surface area contributed by atoms with Crippen molar-refractivity contribution in [2.45, 2.75) is 57.8 Å². The summed E-state index contributed by atoms with van der Waals surface area (Å²) < 4.78 is 1.67. The number of amides is 1. The molecule has 0 aliphatic heterocycles. The minimum absolute atomic E-state index is 0.0424. The van der Waals surface area contributed by atoms with Crippen LogP contribution in [0.25, 0.3) is 10.9 Å². The molecular weight excluding hydrogens is 322 g/mol. The summed E-state index contributed by atoms with van der Waals surface area (Å²) in [5, 5.41) is 4.22. The molecule has 0 unspecified atom stereocenters. The van der Waals surface area contributed by atoms with Gasteiger partial charge >= 0.3 is 0 Å². The number of benzene rings is 1. The molecule has 0 radical (unpaired) electrons. The Kier molecular flexibility index (Phi) is 6.04. The average Bonchev–Trinajstić information content (AvgIpc) is 2.55. The number of carbonyl (C=O) groups excluding carboxylic acids is 1. The van der Waals surface area contributed by atoms with Crippen molar-refractivity contribution in [2.75, 3.05) is 5.75 Å². The first-order valence-corrected chi connectivity index (χ1v) is 9.30. The monoisotopic (exact) mass is 347 g/mol. The minimum Gasteiger partial charge on any atom is -0.351 e. The first-order chi connectivity index (χ1) is 11.4. The zero-order valence-electron chi connectivity index (χ0n) is 14.8. The third-order valence-electron chi connectivity index (χ3n) is 3.97. The molecule has 5 nitrogen and oxygen atoms in total. The molecule has 2 aromatic rings. The van der Waals surface area contributed by atoms with Gasteiger partial charge in [-0.3, -0.25) is 14.2 Å². The van der Waals surface area contributed by atoms with E-state index in [4.69, 9.17) is 0 Å². The molecule has 0 spiro atoms. The Morgan fingerprint density at radius 1 is 1.29 bits per heavy atom. The van der Waals surface area contributed by atoms with Gasteiger partial charge in [-0.25, -0.2) is 4.98 Å². The standard InChI is InChI=1S/C18H25N3O2S/c1-5-11-21-16(23)13-9-7-8-10-14(13)19-17(21)24-12-15(22)20-18(3,4)6-2/h7-10H,5-6,11-12H2,1-4H3,(H,20,22). The van der Waals surface area contributed by atoms with E-state index in [0.29, 0.717) is 22.6 Å². The lowest BCUT2D eigenvalue weighted by Gasteiger charge is -2.24. The van der Waals surface area contributed by atoms with Crippen LogP contribution >= 0.6 is 11.8 Å². The zero-order chi connectivity index (χ0) is 17.7. The van der Waals surface area contributed by atoms with Gasteiger partial charge in [0, 0.05) is 12.1 Å². The fraction of sp³-hybridized carbons (Fsp3) is 0.500. The Morgan fingerprint density at radius 3 is 2.67 bits per heavy atom. The fourth-order valence-electron chi connectivity index (χ4n) is 2.31. The lowest BCUT2D eigenvalue weighted by molar-refractivity contribution is -0.120. The number of para-hydroxylation sites is 1. The molecule has 130 valence electrons.